The molecule has 0 radical (unpaired) electrons. The second kappa shape index (κ2) is 4.27. The Morgan fingerprint density at radius 1 is 1.19 bits per heavy atom. The molecule has 1 aromatic rings. The van der Waals surface area contributed by atoms with Gasteiger partial charge in [-0.3, -0.25) is 0 Å². The van der Waals surface area contributed by atoms with Crippen LogP contribution in [0.1, 0.15) is 27.7 Å². The molecular weight excluding hydrogens is 204 g/mol. The van der Waals surface area contributed by atoms with E-state index in [-0.39, 0.29) is 0 Å². The minimum atomic E-state index is -0.860. The van der Waals surface area contributed by atoms with Gasteiger partial charge in [0.1, 0.15) is 11.6 Å². The Morgan fingerprint density at radius 2 is 1.75 bits per heavy atom. The van der Waals surface area contributed by atoms with E-state index in [1.54, 1.807) is 19.9 Å². The first kappa shape index (κ1) is 12.7. The molecule has 0 saturated heterocycles. The minimum Gasteiger partial charge on any atom is -0.388 e. The lowest BCUT2D eigenvalue weighted by atomic mass is 9.86. The molecule has 0 spiro atoms. The highest BCUT2D eigenvalue weighted by Gasteiger charge is 2.35. The second-order valence-electron chi connectivity index (χ2n) is 4.86. The summed E-state index contributed by atoms with van der Waals surface area (Å²) in [5.74, 6) is 6.53. The van der Waals surface area contributed by atoms with Crippen LogP contribution in [0.5, 0.6) is 0 Å². The molecule has 1 rings (SSSR count). The number of nitrogens with two attached hydrogens (primary N) is 1. The fraction of sp³-hybridized carbons (Fsp3) is 0.545. The number of hydrogen-bond donors (Lipinski definition) is 4. The quantitative estimate of drug-likeness (QED) is 0.458. The van der Waals surface area contributed by atoms with Gasteiger partial charge >= 0.3 is 0 Å². The van der Waals surface area contributed by atoms with Crippen LogP contribution < -0.4 is 16.6 Å². The van der Waals surface area contributed by atoms with Crippen molar-refractivity contribution in [2.45, 2.75) is 38.8 Å². The van der Waals surface area contributed by atoms with Gasteiger partial charge in [0.25, 0.3) is 0 Å². The zero-order chi connectivity index (χ0) is 12.4. The molecule has 0 unspecified atom stereocenters. The summed E-state index contributed by atoms with van der Waals surface area (Å²) in [7, 11) is 0. The average Bonchev–Trinajstić information content (AvgIpc) is 2.15. The van der Waals surface area contributed by atoms with Crippen LogP contribution in [-0.4, -0.2) is 21.2 Å². The summed E-state index contributed by atoms with van der Waals surface area (Å²) in [6.07, 6.45) is 0. The summed E-state index contributed by atoms with van der Waals surface area (Å²) < 4.78 is 0. The second-order valence-corrected chi connectivity index (χ2v) is 4.86. The molecule has 0 bridgehead atoms. The van der Waals surface area contributed by atoms with Crippen LogP contribution in [0.3, 0.4) is 0 Å². The molecule has 0 aliphatic heterocycles. The van der Waals surface area contributed by atoms with Crippen molar-refractivity contribution >= 4 is 11.6 Å². The van der Waals surface area contributed by atoms with Gasteiger partial charge in [-0.05, 0) is 39.8 Å². The van der Waals surface area contributed by atoms with E-state index in [4.69, 9.17) is 5.84 Å². The molecule has 1 aromatic heterocycles. The standard InChI is InChI=1S/C11H20N4O/c1-10(2,11(3,4)16)14-8-6-5-7-9(13-8)15-12/h5-7,16H,12H2,1-4H3,(H2,13,14,15). The number of hydrazine groups is 1. The Bertz CT molecular complexity index is 357. The molecule has 0 aliphatic rings. The van der Waals surface area contributed by atoms with Crippen molar-refractivity contribution in [1.29, 1.82) is 0 Å². The zero-order valence-corrected chi connectivity index (χ0v) is 10.2. The van der Waals surface area contributed by atoms with Gasteiger partial charge in [-0.1, -0.05) is 6.07 Å². The van der Waals surface area contributed by atoms with Crippen molar-refractivity contribution in [3.8, 4) is 0 Å². The largest absolute Gasteiger partial charge is 0.388 e. The third-order valence-electron chi connectivity index (χ3n) is 2.87. The third kappa shape index (κ3) is 2.84. The van der Waals surface area contributed by atoms with Crippen molar-refractivity contribution in [3.05, 3.63) is 18.2 Å². The smallest absolute Gasteiger partial charge is 0.142 e. The topological polar surface area (TPSA) is 83.2 Å². The van der Waals surface area contributed by atoms with E-state index in [2.05, 4.69) is 15.7 Å². The van der Waals surface area contributed by atoms with Crippen LogP contribution in [-0.2, 0) is 0 Å². The van der Waals surface area contributed by atoms with E-state index in [9.17, 15) is 5.11 Å². The van der Waals surface area contributed by atoms with Crippen molar-refractivity contribution in [2.75, 3.05) is 10.7 Å². The molecule has 0 aromatic carbocycles. The molecule has 0 amide bonds. The molecule has 0 fully saturated rings. The van der Waals surface area contributed by atoms with Crippen LogP contribution in [0.4, 0.5) is 11.6 Å². The Hall–Kier alpha value is -1.33. The van der Waals surface area contributed by atoms with E-state index in [1.807, 2.05) is 26.0 Å². The molecule has 5 N–H and O–H groups in total. The molecule has 5 heteroatoms. The lowest BCUT2D eigenvalue weighted by Gasteiger charge is -2.38. The molecule has 16 heavy (non-hydrogen) atoms. The highest BCUT2D eigenvalue weighted by molar-refractivity contribution is 5.46. The number of aliphatic hydroxyl groups is 1. The van der Waals surface area contributed by atoms with E-state index >= 15 is 0 Å². The number of nitrogens with zero attached hydrogens (tertiary/aromatic N) is 1. The van der Waals surface area contributed by atoms with Crippen LogP contribution in [0.25, 0.3) is 0 Å². The first-order valence-corrected chi connectivity index (χ1v) is 5.20. The lowest BCUT2D eigenvalue weighted by Crippen LogP contribution is -2.51. The van der Waals surface area contributed by atoms with Gasteiger partial charge in [-0.15, -0.1) is 0 Å². The minimum absolute atomic E-state index is 0.493. The molecular formula is C11H20N4O. The third-order valence-corrected chi connectivity index (χ3v) is 2.87. The van der Waals surface area contributed by atoms with Crippen LogP contribution in [0.15, 0.2) is 18.2 Å². The molecule has 5 nitrogen and oxygen atoms in total. The molecule has 1 heterocycles. The van der Waals surface area contributed by atoms with Crippen molar-refractivity contribution in [1.82, 2.24) is 4.98 Å². The van der Waals surface area contributed by atoms with Gasteiger partial charge in [0.2, 0.25) is 0 Å². The first-order chi connectivity index (χ1) is 7.26. The summed E-state index contributed by atoms with van der Waals surface area (Å²) in [5, 5.41) is 13.2. The number of rotatable bonds is 4. The average molecular weight is 224 g/mol. The Labute approximate surface area is 96.0 Å². The SMILES string of the molecule is CC(C)(O)C(C)(C)Nc1cccc(NN)n1. The van der Waals surface area contributed by atoms with Crippen molar-refractivity contribution < 1.29 is 5.11 Å². The molecule has 90 valence electrons. The maximum absolute atomic E-state index is 10.0. The van der Waals surface area contributed by atoms with Crippen LogP contribution in [0, 0.1) is 0 Å². The van der Waals surface area contributed by atoms with Crippen LogP contribution >= 0.6 is 0 Å². The maximum atomic E-state index is 10.0. The van der Waals surface area contributed by atoms with Gasteiger partial charge in [-0.25, -0.2) is 10.8 Å². The van der Waals surface area contributed by atoms with Crippen molar-refractivity contribution in [3.63, 3.8) is 0 Å². The first-order valence-electron chi connectivity index (χ1n) is 5.20. The lowest BCUT2D eigenvalue weighted by molar-refractivity contribution is 0.0239. The van der Waals surface area contributed by atoms with E-state index in [1.165, 1.54) is 0 Å². The van der Waals surface area contributed by atoms with Crippen molar-refractivity contribution in [2.24, 2.45) is 5.84 Å². The number of nitrogen functional groups attached to an aromatic ring is 1. The maximum Gasteiger partial charge on any atom is 0.142 e. The predicted molar refractivity (Wildman–Crippen MR) is 66.0 cm³/mol. The van der Waals surface area contributed by atoms with Gasteiger partial charge < -0.3 is 15.8 Å². The summed E-state index contributed by atoms with van der Waals surface area (Å²) in [5.41, 5.74) is 1.13. The normalized spacial score (nSPS) is 12.4. The number of anilines is 2. The Balaban J connectivity index is 2.88. The Kier molecular flexibility index (Phi) is 3.40. The van der Waals surface area contributed by atoms with Gasteiger partial charge in [0.05, 0.1) is 11.1 Å². The van der Waals surface area contributed by atoms with Gasteiger partial charge in [0, 0.05) is 0 Å². The molecule has 0 atom stereocenters. The Morgan fingerprint density at radius 3 is 2.25 bits per heavy atom. The summed E-state index contributed by atoms with van der Waals surface area (Å²) >= 11 is 0. The van der Waals surface area contributed by atoms with Gasteiger partial charge in [-0.2, -0.15) is 0 Å². The number of pyridine rings is 1. The summed E-state index contributed by atoms with van der Waals surface area (Å²) in [6, 6.07) is 5.43. The molecule has 0 aliphatic carbocycles. The number of nitrogens with one attached hydrogen (secondary N) is 2. The highest BCUT2D eigenvalue weighted by Crippen LogP contribution is 2.25. The number of aromatic nitrogens is 1. The number of hydrogen-bond acceptors (Lipinski definition) is 5. The predicted octanol–water partition coefficient (Wildman–Crippen LogP) is 1.33. The van der Waals surface area contributed by atoms with Crippen LogP contribution in [0.2, 0.25) is 0 Å². The zero-order valence-electron chi connectivity index (χ0n) is 10.2. The fourth-order valence-corrected chi connectivity index (χ4v) is 1.06. The van der Waals surface area contributed by atoms with E-state index < -0.39 is 11.1 Å². The summed E-state index contributed by atoms with van der Waals surface area (Å²) in [4.78, 5) is 4.23. The highest BCUT2D eigenvalue weighted by atomic mass is 16.3. The monoisotopic (exact) mass is 224 g/mol. The van der Waals surface area contributed by atoms with E-state index in [0.717, 1.165) is 0 Å². The summed E-state index contributed by atoms with van der Waals surface area (Å²) in [6.45, 7) is 7.34. The van der Waals surface area contributed by atoms with Gasteiger partial charge in [0.15, 0.2) is 0 Å². The van der Waals surface area contributed by atoms with E-state index in [0.29, 0.717) is 11.6 Å². The molecule has 0 saturated carbocycles. The fourth-order valence-electron chi connectivity index (χ4n) is 1.06.